The van der Waals surface area contributed by atoms with Crippen molar-refractivity contribution in [3.05, 3.63) is 125 Å². The van der Waals surface area contributed by atoms with Gasteiger partial charge in [-0.3, -0.25) is 0 Å². The quantitative estimate of drug-likeness (QED) is 0.254. The highest BCUT2D eigenvalue weighted by Gasteiger charge is 2.21. The van der Waals surface area contributed by atoms with Crippen LogP contribution in [0.3, 0.4) is 0 Å². The van der Waals surface area contributed by atoms with Crippen molar-refractivity contribution in [1.82, 2.24) is 0 Å². The van der Waals surface area contributed by atoms with Crippen molar-refractivity contribution in [1.29, 1.82) is 0 Å². The fraction of sp³-hybridized carbons (Fsp3) is 0.0588. The van der Waals surface area contributed by atoms with E-state index in [4.69, 9.17) is 4.42 Å². The van der Waals surface area contributed by atoms with Gasteiger partial charge in [-0.1, -0.05) is 78.4 Å². The molecule has 1 aromatic heterocycles. The third kappa shape index (κ3) is 3.26. The van der Waals surface area contributed by atoms with E-state index in [9.17, 15) is 0 Å². The summed E-state index contributed by atoms with van der Waals surface area (Å²) >= 11 is 0. The van der Waals surface area contributed by atoms with Gasteiger partial charge in [-0.25, -0.2) is 0 Å². The molecule has 0 atom stereocenters. The fourth-order valence-corrected chi connectivity index (χ4v) is 5.40. The van der Waals surface area contributed by atoms with Crippen molar-refractivity contribution in [2.24, 2.45) is 0 Å². The van der Waals surface area contributed by atoms with E-state index in [0.29, 0.717) is 0 Å². The second-order valence-corrected chi connectivity index (χ2v) is 9.62. The summed E-state index contributed by atoms with van der Waals surface area (Å²) in [7, 11) is 0. The van der Waals surface area contributed by atoms with E-state index in [1.54, 1.807) is 0 Å². The molecular weight excluding hydrogens is 438 g/mol. The predicted molar refractivity (Wildman–Crippen MR) is 152 cm³/mol. The van der Waals surface area contributed by atoms with Gasteiger partial charge in [0, 0.05) is 22.0 Å². The molecule has 1 aliphatic heterocycles. The first-order valence-corrected chi connectivity index (χ1v) is 12.4. The summed E-state index contributed by atoms with van der Waals surface area (Å²) in [4.78, 5) is 2.38. The Labute approximate surface area is 210 Å². The second kappa shape index (κ2) is 8.00. The molecule has 0 unspecified atom stereocenters. The van der Waals surface area contributed by atoms with E-state index in [-0.39, 0.29) is 0 Å². The maximum Gasteiger partial charge on any atom is 0.143 e. The molecule has 7 rings (SSSR count). The minimum absolute atomic E-state index is 0.922. The summed E-state index contributed by atoms with van der Waals surface area (Å²) in [6, 6.07) is 36.8. The molecule has 0 fully saturated rings. The molecular formula is C34H25NO. The molecule has 0 N–H and O–H groups in total. The van der Waals surface area contributed by atoms with Crippen LogP contribution >= 0.6 is 0 Å². The Bertz CT molecular complexity index is 1820. The zero-order chi connectivity index (χ0) is 24.2. The number of hydrogen-bond acceptors (Lipinski definition) is 2. The molecule has 0 bridgehead atoms. The Kier molecular flexibility index (Phi) is 4.62. The number of aryl methyl sites for hydroxylation is 2. The van der Waals surface area contributed by atoms with Crippen molar-refractivity contribution in [2.45, 2.75) is 13.8 Å². The number of hydrogen-bond donors (Lipinski definition) is 0. The molecule has 0 spiro atoms. The van der Waals surface area contributed by atoms with Gasteiger partial charge in [0.2, 0.25) is 0 Å². The van der Waals surface area contributed by atoms with Crippen molar-refractivity contribution in [3.8, 4) is 11.1 Å². The largest absolute Gasteiger partial charge is 0.455 e. The maximum absolute atomic E-state index is 6.35. The van der Waals surface area contributed by atoms with Crippen LogP contribution in [0.1, 0.15) is 22.3 Å². The van der Waals surface area contributed by atoms with Gasteiger partial charge in [0.05, 0.1) is 11.4 Å². The van der Waals surface area contributed by atoms with Gasteiger partial charge in [0.15, 0.2) is 0 Å². The van der Waals surface area contributed by atoms with Crippen LogP contribution in [-0.4, -0.2) is 0 Å². The lowest BCUT2D eigenvalue weighted by molar-refractivity contribution is 0.670. The van der Waals surface area contributed by atoms with Gasteiger partial charge in [-0.05, 0) is 78.6 Å². The lowest BCUT2D eigenvalue weighted by Crippen LogP contribution is -2.12. The molecule has 2 heteroatoms. The average molecular weight is 464 g/mol. The molecule has 172 valence electrons. The second-order valence-electron chi connectivity index (χ2n) is 9.62. The highest BCUT2D eigenvalue weighted by atomic mass is 16.3. The number of nitrogens with zero attached hydrogens (tertiary/aromatic N) is 1. The van der Waals surface area contributed by atoms with Crippen LogP contribution in [0, 0.1) is 13.8 Å². The number of anilines is 3. The zero-order valence-corrected chi connectivity index (χ0v) is 20.3. The Balaban J connectivity index is 1.45. The van der Waals surface area contributed by atoms with Gasteiger partial charge < -0.3 is 9.32 Å². The molecule has 5 aromatic carbocycles. The molecule has 0 saturated carbocycles. The maximum atomic E-state index is 6.35. The van der Waals surface area contributed by atoms with E-state index in [1.807, 2.05) is 12.1 Å². The van der Waals surface area contributed by atoms with Crippen LogP contribution in [0.2, 0.25) is 0 Å². The van der Waals surface area contributed by atoms with Crippen molar-refractivity contribution < 1.29 is 4.42 Å². The summed E-state index contributed by atoms with van der Waals surface area (Å²) in [6.07, 6.45) is 4.48. The molecule has 2 nitrogen and oxygen atoms in total. The number of furan rings is 1. The van der Waals surface area contributed by atoms with Crippen molar-refractivity contribution in [2.75, 3.05) is 4.90 Å². The normalized spacial score (nSPS) is 12.6. The third-order valence-corrected chi connectivity index (χ3v) is 7.11. The summed E-state index contributed by atoms with van der Waals surface area (Å²) < 4.78 is 6.35. The first-order chi connectivity index (χ1) is 17.7. The number of fused-ring (bicyclic) bond motifs is 5. The summed E-state index contributed by atoms with van der Waals surface area (Å²) in [5.74, 6) is 0. The zero-order valence-electron chi connectivity index (χ0n) is 20.3. The highest BCUT2D eigenvalue weighted by molar-refractivity contribution is 6.09. The monoisotopic (exact) mass is 463 g/mol. The number of para-hydroxylation sites is 2. The summed E-state index contributed by atoms with van der Waals surface area (Å²) in [5.41, 5.74) is 12.5. The molecule has 6 aromatic rings. The average Bonchev–Trinajstić information content (AvgIpc) is 3.20. The van der Waals surface area contributed by atoms with Gasteiger partial charge in [-0.15, -0.1) is 0 Å². The molecule has 1 aliphatic rings. The van der Waals surface area contributed by atoms with E-state index in [2.05, 4.69) is 122 Å². The topological polar surface area (TPSA) is 16.4 Å². The fourth-order valence-electron chi connectivity index (χ4n) is 5.40. The minimum atomic E-state index is 0.922. The first kappa shape index (κ1) is 20.8. The molecule has 0 aliphatic carbocycles. The standard InChI is InChI=1S/C34H25NO/c1-22-7-5-8-27(20-22)35-31-17-13-23(2)19-25(31)14-15-26-21-24(16-18-32(26)35)28-10-6-11-30-29-9-3-4-12-33(29)36-34(28)30/h3-21H,1-2H3. The molecule has 36 heavy (non-hydrogen) atoms. The Morgan fingerprint density at radius 2 is 1.31 bits per heavy atom. The van der Waals surface area contributed by atoms with E-state index in [1.165, 1.54) is 33.6 Å². The summed E-state index contributed by atoms with van der Waals surface area (Å²) in [5, 5.41) is 2.30. The predicted octanol–water partition coefficient (Wildman–Crippen LogP) is 9.82. The molecule has 0 radical (unpaired) electrons. The summed E-state index contributed by atoms with van der Waals surface area (Å²) in [6.45, 7) is 4.29. The lowest BCUT2D eigenvalue weighted by Gasteiger charge is -2.28. The third-order valence-electron chi connectivity index (χ3n) is 7.11. The molecule has 2 heterocycles. The van der Waals surface area contributed by atoms with Crippen molar-refractivity contribution in [3.63, 3.8) is 0 Å². The highest BCUT2D eigenvalue weighted by Crippen LogP contribution is 2.44. The van der Waals surface area contributed by atoms with Crippen LogP contribution in [-0.2, 0) is 0 Å². The van der Waals surface area contributed by atoms with Gasteiger partial charge >= 0.3 is 0 Å². The van der Waals surface area contributed by atoms with Crippen molar-refractivity contribution >= 4 is 51.2 Å². The van der Waals surface area contributed by atoms with Gasteiger partial charge in [-0.2, -0.15) is 0 Å². The Hall–Kier alpha value is -4.56. The number of benzene rings is 5. The van der Waals surface area contributed by atoms with Crippen LogP contribution in [0.25, 0.3) is 45.2 Å². The van der Waals surface area contributed by atoms with Crippen LogP contribution in [0.4, 0.5) is 17.1 Å². The van der Waals surface area contributed by atoms with Gasteiger partial charge in [0.1, 0.15) is 11.2 Å². The molecule has 0 saturated heterocycles. The van der Waals surface area contributed by atoms with Crippen LogP contribution in [0.15, 0.2) is 108 Å². The molecule has 0 amide bonds. The van der Waals surface area contributed by atoms with E-state index >= 15 is 0 Å². The SMILES string of the molecule is Cc1cccc(N2c3ccc(C)cc3C=Cc3cc(-c4cccc5c4oc4ccccc45)ccc32)c1. The van der Waals surface area contributed by atoms with E-state index < -0.39 is 0 Å². The number of rotatable bonds is 2. The minimum Gasteiger partial charge on any atom is -0.455 e. The Morgan fingerprint density at radius 1 is 0.583 bits per heavy atom. The smallest absolute Gasteiger partial charge is 0.143 e. The van der Waals surface area contributed by atoms with Crippen LogP contribution < -0.4 is 4.90 Å². The first-order valence-electron chi connectivity index (χ1n) is 12.4. The lowest BCUT2D eigenvalue weighted by atomic mass is 9.99. The Morgan fingerprint density at radius 3 is 2.17 bits per heavy atom. The van der Waals surface area contributed by atoms with Crippen LogP contribution in [0.5, 0.6) is 0 Å². The van der Waals surface area contributed by atoms with Gasteiger partial charge in [0.25, 0.3) is 0 Å². The van der Waals surface area contributed by atoms with E-state index in [0.717, 1.165) is 38.8 Å².